The first-order valence-electron chi connectivity index (χ1n) is 14.0. The molecule has 1 aromatic carbocycles. The van der Waals surface area contributed by atoms with Crippen LogP contribution >= 0.6 is 0 Å². The van der Waals surface area contributed by atoms with Crippen LogP contribution in [0.2, 0.25) is 0 Å². The van der Waals surface area contributed by atoms with Crippen LogP contribution < -0.4 is 5.32 Å². The van der Waals surface area contributed by atoms with Crippen molar-refractivity contribution in [2.45, 2.75) is 118 Å². The molecule has 6 unspecified atom stereocenters. The van der Waals surface area contributed by atoms with E-state index in [0.717, 1.165) is 24.9 Å². The second-order valence-electron chi connectivity index (χ2n) is 14.0. The van der Waals surface area contributed by atoms with Crippen LogP contribution in [0.25, 0.3) is 0 Å². The highest BCUT2D eigenvalue weighted by atomic mass is 16.3. The average Bonchev–Trinajstić information content (AvgIpc) is 3.29. The lowest BCUT2D eigenvalue weighted by atomic mass is 9.63. The van der Waals surface area contributed by atoms with E-state index < -0.39 is 0 Å². The molecule has 2 heteroatoms. The number of phenols is 1. The van der Waals surface area contributed by atoms with E-state index in [1.54, 1.807) is 0 Å². The van der Waals surface area contributed by atoms with Gasteiger partial charge in [-0.25, -0.2) is 0 Å². The Morgan fingerprint density at radius 2 is 1.33 bits per heavy atom. The Balaban J connectivity index is 1.56. The summed E-state index contributed by atoms with van der Waals surface area (Å²) >= 11 is 0. The first-order chi connectivity index (χ1) is 15.5. The summed E-state index contributed by atoms with van der Waals surface area (Å²) in [6.45, 7) is 19.3. The van der Waals surface area contributed by atoms with Gasteiger partial charge >= 0.3 is 0 Å². The van der Waals surface area contributed by atoms with E-state index in [1.807, 2.05) is 0 Å². The number of hydrogen-bond donors (Lipinski definition) is 2. The molecule has 6 atom stereocenters. The summed E-state index contributed by atoms with van der Waals surface area (Å²) in [6, 6.07) is 4.79. The van der Waals surface area contributed by atoms with Crippen molar-refractivity contribution in [1.82, 2.24) is 5.32 Å². The standard InChI is InChI=1S/C31H49NO/c1-8-9-14-32-19-20-15-23(25-17-21-10-12-30(25,6)28(21,2)3)27(33)24(16-20)26-18-22-11-13-31(26,7)29(22,4)5/h15-16,21-22,25-26,32-33H,8-14,17-19H2,1-7H3. The Kier molecular flexibility index (Phi) is 5.56. The zero-order valence-electron chi connectivity index (χ0n) is 22.5. The zero-order chi connectivity index (χ0) is 23.8. The van der Waals surface area contributed by atoms with Crippen LogP contribution in [-0.4, -0.2) is 11.7 Å². The van der Waals surface area contributed by atoms with Gasteiger partial charge in [0.25, 0.3) is 0 Å². The van der Waals surface area contributed by atoms with E-state index in [9.17, 15) is 5.11 Å². The quantitative estimate of drug-likeness (QED) is 0.410. The summed E-state index contributed by atoms with van der Waals surface area (Å²) in [5, 5.41) is 15.6. The largest absolute Gasteiger partial charge is 0.507 e. The number of aromatic hydroxyl groups is 1. The predicted octanol–water partition coefficient (Wildman–Crippen LogP) is 8.14. The summed E-state index contributed by atoms with van der Waals surface area (Å²) < 4.78 is 0. The van der Waals surface area contributed by atoms with Gasteiger partial charge in [0.05, 0.1) is 0 Å². The fourth-order valence-corrected chi connectivity index (χ4v) is 9.26. The Morgan fingerprint density at radius 1 is 0.848 bits per heavy atom. The molecule has 0 aliphatic heterocycles. The second kappa shape index (κ2) is 7.74. The normalized spacial score (nSPS) is 40.1. The van der Waals surface area contributed by atoms with Gasteiger partial charge in [0.1, 0.15) is 5.75 Å². The van der Waals surface area contributed by atoms with Crippen LogP contribution in [0, 0.1) is 33.5 Å². The lowest BCUT2D eigenvalue weighted by Crippen LogP contribution is -2.32. The molecule has 2 N–H and O–H groups in total. The molecule has 4 aliphatic carbocycles. The van der Waals surface area contributed by atoms with Crippen molar-refractivity contribution in [3.05, 3.63) is 28.8 Å². The van der Waals surface area contributed by atoms with Gasteiger partial charge in [0.2, 0.25) is 0 Å². The Hall–Kier alpha value is -1.02. The number of hydrogen-bond acceptors (Lipinski definition) is 2. The zero-order valence-corrected chi connectivity index (χ0v) is 22.5. The van der Waals surface area contributed by atoms with E-state index in [2.05, 4.69) is 65.9 Å². The first-order valence-corrected chi connectivity index (χ1v) is 14.0. The van der Waals surface area contributed by atoms with Crippen molar-refractivity contribution in [3.63, 3.8) is 0 Å². The van der Waals surface area contributed by atoms with Gasteiger partial charge in [0.15, 0.2) is 0 Å². The van der Waals surface area contributed by atoms with E-state index in [0.29, 0.717) is 39.2 Å². The minimum absolute atomic E-state index is 0.290. The topological polar surface area (TPSA) is 32.3 Å². The van der Waals surface area contributed by atoms with Crippen molar-refractivity contribution < 1.29 is 5.11 Å². The third kappa shape index (κ3) is 3.14. The average molecular weight is 452 g/mol. The van der Waals surface area contributed by atoms with Crippen molar-refractivity contribution in [2.24, 2.45) is 33.5 Å². The SMILES string of the molecule is CCCCNCc1cc(C2CC3CCC2(C)C3(C)C)c(O)c(C2CC3CCC2(C)C3(C)C)c1. The molecule has 5 rings (SSSR count). The number of benzene rings is 1. The highest BCUT2D eigenvalue weighted by molar-refractivity contribution is 5.51. The molecule has 4 saturated carbocycles. The van der Waals surface area contributed by atoms with E-state index >= 15 is 0 Å². The fourth-order valence-electron chi connectivity index (χ4n) is 9.26. The molecule has 4 aliphatic rings. The molecule has 0 heterocycles. The Bertz CT molecular complexity index is 850. The van der Waals surface area contributed by atoms with Crippen LogP contribution in [0.4, 0.5) is 0 Å². The van der Waals surface area contributed by atoms with Crippen LogP contribution in [0.1, 0.15) is 128 Å². The summed E-state index contributed by atoms with van der Waals surface area (Å²) in [5.74, 6) is 3.22. The van der Waals surface area contributed by atoms with Crippen molar-refractivity contribution in [3.8, 4) is 5.75 Å². The third-order valence-electron chi connectivity index (χ3n) is 12.6. The monoisotopic (exact) mass is 451 g/mol. The molecular weight excluding hydrogens is 402 g/mol. The Labute approximate surface area is 203 Å². The highest BCUT2D eigenvalue weighted by Gasteiger charge is 2.63. The molecule has 184 valence electrons. The lowest BCUT2D eigenvalue weighted by molar-refractivity contribution is 0.130. The van der Waals surface area contributed by atoms with Crippen molar-refractivity contribution >= 4 is 0 Å². The molecule has 4 bridgehead atoms. The van der Waals surface area contributed by atoms with Gasteiger partial charge < -0.3 is 10.4 Å². The van der Waals surface area contributed by atoms with Crippen molar-refractivity contribution in [2.75, 3.05) is 6.54 Å². The van der Waals surface area contributed by atoms with E-state index in [4.69, 9.17) is 0 Å². The molecule has 0 spiro atoms. The maximum atomic E-state index is 11.9. The number of unbranched alkanes of at least 4 members (excludes halogenated alkanes) is 1. The predicted molar refractivity (Wildman–Crippen MR) is 139 cm³/mol. The van der Waals surface area contributed by atoms with E-state index in [1.165, 1.54) is 68.1 Å². The second-order valence-corrected chi connectivity index (χ2v) is 14.0. The van der Waals surface area contributed by atoms with Crippen molar-refractivity contribution in [1.29, 1.82) is 0 Å². The van der Waals surface area contributed by atoms with Crippen LogP contribution in [0.15, 0.2) is 12.1 Å². The van der Waals surface area contributed by atoms with Gasteiger partial charge in [0, 0.05) is 6.54 Å². The smallest absolute Gasteiger partial charge is 0.122 e. The van der Waals surface area contributed by atoms with Gasteiger partial charge in [-0.2, -0.15) is 0 Å². The molecule has 1 aromatic rings. The molecule has 33 heavy (non-hydrogen) atoms. The molecule has 0 aromatic heterocycles. The van der Waals surface area contributed by atoms with Gasteiger partial charge in [-0.15, -0.1) is 0 Å². The van der Waals surface area contributed by atoms with Crippen LogP contribution in [0.5, 0.6) is 5.75 Å². The number of phenolic OH excluding ortho intramolecular Hbond substituents is 1. The first kappa shape index (κ1) is 23.7. The Morgan fingerprint density at radius 3 is 1.70 bits per heavy atom. The highest BCUT2D eigenvalue weighted by Crippen LogP contribution is 2.74. The maximum absolute atomic E-state index is 11.9. The van der Waals surface area contributed by atoms with Gasteiger partial charge in [-0.05, 0) is 114 Å². The lowest BCUT2D eigenvalue weighted by Gasteiger charge is -2.42. The minimum atomic E-state index is 0.290. The van der Waals surface area contributed by atoms with E-state index in [-0.39, 0.29) is 0 Å². The summed E-state index contributed by atoms with van der Waals surface area (Å²) in [4.78, 5) is 0. The molecule has 0 amide bonds. The molecule has 0 radical (unpaired) electrons. The summed E-state index contributed by atoms with van der Waals surface area (Å²) in [7, 11) is 0. The summed E-state index contributed by atoms with van der Waals surface area (Å²) in [6.07, 6.45) is 10.3. The molecule has 2 nitrogen and oxygen atoms in total. The molecule has 4 fully saturated rings. The maximum Gasteiger partial charge on any atom is 0.122 e. The number of nitrogens with one attached hydrogen (secondary N) is 1. The molecule has 0 saturated heterocycles. The third-order valence-corrected chi connectivity index (χ3v) is 12.6. The fraction of sp³-hybridized carbons (Fsp3) is 0.806. The molecular formula is C31H49NO. The number of fused-ring (bicyclic) bond motifs is 4. The van der Waals surface area contributed by atoms with Crippen LogP contribution in [-0.2, 0) is 6.54 Å². The van der Waals surface area contributed by atoms with Gasteiger partial charge in [-0.3, -0.25) is 0 Å². The minimum Gasteiger partial charge on any atom is -0.507 e. The van der Waals surface area contributed by atoms with Crippen LogP contribution in [0.3, 0.4) is 0 Å². The van der Waals surface area contributed by atoms with Gasteiger partial charge in [-0.1, -0.05) is 67.0 Å². The number of rotatable bonds is 7. The summed E-state index contributed by atoms with van der Waals surface area (Å²) in [5.41, 5.74) is 5.25.